The van der Waals surface area contributed by atoms with Crippen LogP contribution in [0.1, 0.15) is 13.8 Å². The van der Waals surface area contributed by atoms with Gasteiger partial charge in [0.25, 0.3) is 0 Å². The summed E-state index contributed by atoms with van der Waals surface area (Å²) < 4.78 is 44.1. The molecule has 0 aliphatic carbocycles. The fourth-order valence-corrected chi connectivity index (χ4v) is 2.13. The van der Waals surface area contributed by atoms with Crippen LogP contribution < -0.4 is 9.44 Å². The second-order valence-corrected chi connectivity index (χ2v) is 5.77. The van der Waals surface area contributed by atoms with Crippen LogP contribution in [-0.4, -0.2) is 25.7 Å². The zero-order chi connectivity index (χ0) is 15.5. The number of hydrogen-bond acceptors (Lipinski definition) is 5. The number of amides is 1. The van der Waals surface area contributed by atoms with Gasteiger partial charge in [-0.05, 0) is 19.9 Å². The van der Waals surface area contributed by atoms with Crippen molar-refractivity contribution in [1.82, 2.24) is 4.72 Å². The van der Waals surface area contributed by atoms with Gasteiger partial charge in [-0.25, -0.2) is 13.9 Å². The minimum atomic E-state index is -4.40. The van der Waals surface area contributed by atoms with Gasteiger partial charge in [0.15, 0.2) is 5.75 Å². The lowest BCUT2D eigenvalue weighted by Crippen LogP contribution is -2.36. The molecule has 0 aliphatic heterocycles. The number of ether oxygens (including phenoxy) is 1. The van der Waals surface area contributed by atoms with E-state index in [1.807, 2.05) is 0 Å². The van der Waals surface area contributed by atoms with Gasteiger partial charge in [0, 0.05) is 6.07 Å². The van der Waals surface area contributed by atoms with Gasteiger partial charge in [0.05, 0.1) is 16.8 Å². The largest absolute Gasteiger partial charge is 0.504 e. The maximum absolute atomic E-state index is 13.1. The van der Waals surface area contributed by atoms with E-state index in [0.29, 0.717) is 6.07 Å². The Hall–Kier alpha value is -1.74. The number of halogens is 2. The maximum atomic E-state index is 13.1. The summed E-state index contributed by atoms with van der Waals surface area (Å²) in [7, 11) is -4.40. The predicted octanol–water partition coefficient (Wildman–Crippen LogP) is 1.98. The molecule has 0 bridgehead atoms. The van der Waals surface area contributed by atoms with Crippen LogP contribution in [0, 0.1) is 5.82 Å². The van der Waals surface area contributed by atoms with E-state index in [4.69, 9.17) is 11.6 Å². The number of anilines is 1. The first kappa shape index (κ1) is 16.3. The SMILES string of the molecule is CC(C)OC(=O)NS(=O)(=O)Nc1cc(F)cc(Cl)c1O. The van der Waals surface area contributed by atoms with Gasteiger partial charge in [-0.15, -0.1) is 0 Å². The zero-order valence-electron chi connectivity index (χ0n) is 10.5. The Balaban J connectivity index is 2.89. The van der Waals surface area contributed by atoms with Crippen LogP contribution in [0.4, 0.5) is 14.9 Å². The van der Waals surface area contributed by atoms with Crippen LogP contribution in [0.2, 0.25) is 5.02 Å². The van der Waals surface area contributed by atoms with E-state index in [0.717, 1.165) is 6.07 Å². The van der Waals surface area contributed by atoms with E-state index < -0.39 is 39.7 Å². The summed E-state index contributed by atoms with van der Waals surface area (Å²) >= 11 is 5.49. The number of aromatic hydroxyl groups is 1. The fourth-order valence-electron chi connectivity index (χ4n) is 1.16. The van der Waals surface area contributed by atoms with Crippen LogP contribution in [0.5, 0.6) is 5.75 Å². The van der Waals surface area contributed by atoms with Crippen molar-refractivity contribution in [1.29, 1.82) is 0 Å². The highest BCUT2D eigenvalue weighted by Crippen LogP contribution is 2.33. The fraction of sp³-hybridized carbons (Fsp3) is 0.300. The van der Waals surface area contributed by atoms with E-state index >= 15 is 0 Å². The topological polar surface area (TPSA) is 105 Å². The molecule has 112 valence electrons. The number of hydrogen-bond donors (Lipinski definition) is 3. The molecule has 1 aromatic rings. The lowest BCUT2D eigenvalue weighted by molar-refractivity contribution is 0.121. The number of carbonyl (C=O) groups excluding carboxylic acids is 1. The summed E-state index contributed by atoms with van der Waals surface area (Å²) in [5.74, 6) is -1.54. The van der Waals surface area contributed by atoms with E-state index in [9.17, 15) is 22.7 Å². The van der Waals surface area contributed by atoms with E-state index in [2.05, 4.69) is 4.74 Å². The average Bonchev–Trinajstić information content (AvgIpc) is 2.22. The number of carbonyl (C=O) groups is 1. The first-order valence-electron chi connectivity index (χ1n) is 5.30. The molecule has 0 spiro atoms. The van der Waals surface area contributed by atoms with Crippen LogP contribution in [-0.2, 0) is 14.9 Å². The lowest BCUT2D eigenvalue weighted by atomic mass is 10.3. The standard InChI is InChI=1S/C10H12ClFN2O5S/c1-5(2)19-10(16)14-20(17,18)13-8-4-6(12)3-7(11)9(8)15/h3-5,13,15H,1-2H3,(H,14,16). The van der Waals surface area contributed by atoms with Gasteiger partial charge in [0.1, 0.15) is 5.82 Å². The van der Waals surface area contributed by atoms with Gasteiger partial charge in [0.2, 0.25) is 0 Å². The third-order valence-corrected chi connectivity index (χ3v) is 3.05. The Morgan fingerprint density at radius 2 is 2.05 bits per heavy atom. The molecule has 1 amide bonds. The van der Waals surface area contributed by atoms with Gasteiger partial charge in [-0.3, -0.25) is 4.72 Å². The smallest absolute Gasteiger partial charge is 0.422 e. The molecule has 3 N–H and O–H groups in total. The molecule has 10 heteroatoms. The molecule has 7 nitrogen and oxygen atoms in total. The Labute approximate surface area is 119 Å². The number of rotatable bonds is 4. The minimum Gasteiger partial charge on any atom is -0.504 e. The number of benzene rings is 1. The zero-order valence-corrected chi connectivity index (χ0v) is 12.0. The van der Waals surface area contributed by atoms with Crippen LogP contribution >= 0.6 is 11.6 Å². The molecule has 0 aliphatic rings. The average molecular weight is 327 g/mol. The Morgan fingerprint density at radius 3 is 2.60 bits per heavy atom. The molecule has 20 heavy (non-hydrogen) atoms. The van der Waals surface area contributed by atoms with Crippen LogP contribution in [0.15, 0.2) is 12.1 Å². The lowest BCUT2D eigenvalue weighted by Gasteiger charge is -2.12. The molecule has 0 unspecified atom stereocenters. The second-order valence-electron chi connectivity index (χ2n) is 3.95. The van der Waals surface area contributed by atoms with Gasteiger partial charge in [-0.1, -0.05) is 11.6 Å². The summed E-state index contributed by atoms with van der Waals surface area (Å²) in [6.07, 6.45) is -1.74. The van der Waals surface area contributed by atoms with Crippen molar-refractivity contribution in [3.8, 4) is 5.75 Å². The van der Waals surface area contributed by atoms with E-state index in [1.54, 1.807) is 4.72 Å². The van der Waals surface area contributed by atoms with Gasteiger partial charge >= 0.3 is 16.3 Å². The number of nitrogens with one attached hydrogen (secondary N) is 2. The molecular formula is C10H12ClFN2O5S. The molecule has 1 aromatic carbocycles. The monoisotopic (exact) mass is 326 g/mol. The van der Waals surface area contributed by atoms with Crippen molar-refractivity contribution in [2.45, 2.75) is 20.0 Å². The third-order valence-electron chi connectivity index (χ3n) is 1.83. The minimum absolute atomic E-state index is 0.382. The Bertz CT molecular complexity index is 620. The maximum Gasteiger partial charge on any atom is 0.422 e. The van der Waals surface area contributed by atoms with Crippen molar-refractivity contribution >= 4 is 33.6 Å². The summed E-state index contributed by atoms with van der Waals surface area (Å²) in [5, 5.41) is 9.11. The molecule has 0 atom stereocenters. The van der Waals surface area contributed by atoms with E-state index in [1.165, 1.54) is 18.6 Å². The van der Waals surface area contributed by atoms with Crippen molar-refractivity contribution in [3.63, 3.8) is 0 Å². The molecule has 0 aromatic heterocycles. The second kappa shape index (κ2) is 6.14. The molecule has 0 fully saturated rings. The molecule has 0 saturated carbocycles. The van der Waals surface area contributed by atoms with Gasteiger partial charge < -0.3 is 9.84 Å². The molecule has 0 heterocycles. The Morgan fingerprint density at radius 1 is 1.45 bits per heavy atom. The number of phenolic OH excluding ortho intramolecular Hbond substituents is 1. The highest BCUT2D eigenvalue weighted by molar-refractivity contribution is 7.91. The predicted molar refractivity (Wildman–Crippen MR) is 70.4 cm³/mol. The summed E-state index contributed by atoms with van der Waals surface area (Å²) in [5.41, 5.74) is -0.514. The normalized spacial score (nSPS) is 11.2. The summed E-state index contributed by atoms with van der Waals surface area (Å²) in [6, 6.07) is 1.50. The molecule has 0 radical (unpaired) electrons. The number of phenols is 1. The summed E-state index contributed by atoms with van der Waals surface area (Å²) in [4.78, 5) is 11.2. The van der Waals surface area contributed by atoms with E-state index in [-0.39, 0.29) is 5.02 Å². The van der Waals surface area contributed by atoms with Crippen LogP contribution in [0.25, 0.3) is 0 Å². The third kappa shape index (κ3) is 4.74. The molecule has 1 rings (SSSR count). The van der Waals surface area contributed by atoms with Crippen molar-refractivity contribution in [2.75, 3.05) is 4.72 Å². The van der Waals surface area contributed by atoms with Crippen molar-refractivity contribution in [3.05, 3.63) is 23.0 Å². The van der Waals surface area contributed by atoms with Gasteiger partial charge in [-0.2, -0.15) is 8.42 Å². The quantitative estimate of drug-likeness (QED) is 0.734. The van der Waals surface area contributed by atoms with Crippen LogP contribution in [0.3, 0.4) is 0 Å². The Kier molecular flexibility index (Phi) is 5.01. The first-order valence-corrected chi connectivity index (χ1v) is 7.16. The van der Waals surface area contributed by atoms with Crippen molar-refractivity contribution < 1.29 is 27.4 Å². The summed E-state index contributed by atoms with van der Waals surface area (Å²) in [6.45, 7) is 3.05. The first-order chi connectivity index (χ1) is 9.10. The van der Waals surface area contributed by atoms with Crippen molar-refractivity contribution in [2.24, 2.45) is 0 Å². The highest BCUT2D eigenvalue weighted by atomic mass is 35.5. The molecule has 0 saturated heterocycles. The molecular weight excluding hydrogens is 315 g/mol. The highest BCUT2D eigenvalue weighted by Gasteiger charge is 2.19.